The number of rotatable bonds is 12. The van der Waals surface area contributed by atoms with E-state index in [1.165, 1.54) is 4.70 Å². The first-order valence-corrected chi connectivity index (χ1v) is 10.1. The van der Waals surface area contributed by atoms with Gasteiger partial charge in [-0.3, -0.25) is 4.79 Å². The van der Waals surface area contributed by atoms with E-state index in [9.17, 15) is 9.59 Å². The summed E-state index contributed by atoms with van der Waals surface area (Å²) in [5.41, 5.74) is 1.07. The fraction of sp³-hybridized carbons (Fsp3) is 0.500. The van der Waals surface area contributed by atoms with Gasteiger partial charge in [0.15, 0.2) is 6.29 Å². The van der Waals surface area contributed by atoms with Crippen LogP contribution in [0.4, 0.5) is 0 Å². The first-order valence-electron chi connectivity index (χ1n) is 9.20. The highest BCUT2D eigenvalue weighted by atomic mass is 32.1. The van der Waals surface area contributed by atoms with Crippen LogP contribution in [0.1, 0.15) is 39.2 Å². The number of hydrogen-bond donors (Lipinski definition) is 0. The Morgan fingerprint density at radius 3 is 2.59 bits per heavy atom. The molecule has 0 N–H and O–H groups in total. The molecule has 0 aliphatic heterocycles. The van der Waals surface area contributed by atoms with E-state index in [2.05, 4.69) is 17.5 Å². The van der Waals surface area contributed by atoms with Crippen LogP contribution in [0.2, 0.25) is 0 Å². The Bertz CT molecular complexity index is 726. The zero-order valence-electron chi connectivity index (χ0n) is 16.1. The lowest BCUT2D eigenvalue weighted by atomic mass is 10.1. The largest absolute Gasteiger partial charge is 0.367 e. The smallest absolute Gasteiger partial charge is 0.325 e. The lowest BCUT2D eigenvalue weighted by Gasteiger charge is -2.32. The van der Waals surface area contributed by atoms with E-state index in [1.807, 2.05) is 32.9 Å². The third-order valence-corrected chi connectivity index (χ3v) is 5.10. The molecule has 0 spiro atoms. The summed E-state index contributed by atoms with van der Waals surface area (Å²) in [6, 6.07) is 7.80. The SMILES string of the molecule is CCOC(OCC)C(C)N(Cc1csc2ccccc12)OC(=O)CCC=O. The van der Waals surface area contributed by atoms with Crippen molar-refractivity contribution in [1.29, 1.82) is 0 Å². The summed E-state index contributed by atoms with van der Waals surface area (Å²) < 4.78 is 12.6. The number of hydrogen-bond acceptors (Lipinski definition) is 7. The van der Waals surface area contributed by atoms with Crippen molar-refractivity contribution in [3.63, 3.8) is 0 Å². The van der Waals surface area contributed by atoms with Crippen molar-refractivity contribution < 1.29 is 23.9 Å². The molecule has 6 nitrogen and oxygen atoms in total. The van der Waals surface area contributed by atoms with Gasteiger partial charge in [-0.1, -0.05) is 18.2 Å². The molecular weight excluding hydrogens is 366 g/mol. The molecule has 0 radical (unpaired) electrons. The normalized spacial score (nSPS) is 12.6. The summed E-state index contributed by atoms with van der Waals surface area (Å²) in [4.78, 5) is 28.3. The Morgan fingerprint density at radius 1 is 1.22 bits per heavy atom. The van der Waals surface area contributed by atoms with Gasteiger partial charge in [-0.05, 0) is 43.2 Å². The molecule has 1 aromatic heterocycles. The fourth-order valence-electron chi connectivity index (χ4n) is 2.73. The molecule has 0 aliphatic carbocycles. The highest BCUT2D eigenvalue weighted by molar-refractivity contribution is 7.17. The van der Waals surface area contributed by atoms with Crippen LogP contribution < -0.4 is 0 Å². The molecular formula is C20H27NO5S. The van der Waals surface area contributed by atoms with Crippen LogP contribution in [0, 0.1) is 0 Å². The molecule has 7 heteroatoms. The maximum atomic E-state index is 12.1. The van der Waals surface area contributed by atoms with Crippen molar-refractivity contribution in [2.24, 2.45) is 0 Å². The van der Waals surface area contributed by atoms with Crippen molar-refractivity contribution in [2.45, 2.75) is 52.5 Å². The molecule has 148 valence electrons. The molecule has 0 bridgehead atoms. The van der Waals surface area contributed by atoms with E-state index in [-0.39, 0.29) is 18.9 Å². The van der Waals surface area contributed by atoms with Crippen LogP contribution in [0.5, 0.6) is 0 Å². The highest BCUT2D eigenvalue weighted by Crippen LogP contribution is 2.28. The second kappa shape index (κ2) is 11.1. The minimum absolute atomic E-state index is 0.0467. The van der Waals surface area contributed by atoms with Crippen molar-refractivity contribution in [3.05, 3.63) is 35.2 Å². The lowest BCUT2D eigenvalue weighted by molar-refractivity contribution is -0.250. The summed E-state index contributed by atoms with van der Waals surface area (Å²) in [7, 11) is 0. The van der Waals surface area contributed by atoms with Gasteiger partial charge in [-0.15, -0.1) is 16.4 Å². The average molecular weight is 394 g/mol. The van der Waals surface area contributed by atoms with Gasteiger partial charge in [0.25, 0.3) is 0 Å². The maximum absolute atomic E-state index is 12.1. The van der Waals surface area contributed by atoms with Gasteiger partial charge < -0.3 is 19.1 Å². The van der Waals surface area contributed by atoms with Crippen LogP contribution in [0.15, 0.2) is 29.6 Å². The van der Waals surface area contributed by atoms with Gasteiger partial charge in [-0.2, -0.15) is 0 Å². The number of carbonyl (C=O) groups excluding carboxylic acids is 2. The molecule has 1 heterocycles. The third kappa shape index (κ3) is 6.10. The highest BCUT2D eigenvalue weighted by Gasteiger charge is 2.28. The Balaban J connectivity index is 2.22. The molecule has 0 aliphatic rings. The van der Waals surface area contributed by atoms with Gasteiger partial charge >= 0.3 is 5.97 Å². The van der Waals surface area contributed by atoms with E-state index >= 15 is 0 Å². The molecule has 1 atom stereocenters. The van der Waals surface area contributed by atoms with Crippen molar-refractivity contribution >= 4 is 33.7 Å². The quantitative estimate of drug-likeness (QED) is 0.309. The monoisotopic (exact) mass is 393 g/mol. The Hall–Kier alpha value is -1.80. The average Bonchev–Trinajstić information content (AvgIpc) is 3.08. The van der Waals surface area contributed by atoms with Crippen LogP contribution in [-0.4, -0.2) is 42.9 Å². The van der Waals surface area contributed by atoms with E-state index in [1.54, 1.807) is 16.4 Å². The molecule has 2 rings (SSSR count). The summed E-state index contributed by atoms with van der Waals surface area (Å²) in [6.07, 6.45) is 0.377. The van der Waals surface area contributed by atoms with Gasteiger partial charge in [0.1, 0.15) is 6.29 Å². The van der Waals surface area contributed by atoms with Crippen molar-refractivity contribution in [2.75, 3.05) is 13.2 Å². The predicted octanol–water partition coefficient (Wildman–Crippen LogP) is 3.93. The van der Waals surface area contributed by atoms with Gasteiger partial charge in [-0.25, -0.2) is 0 Å². The number of benzene rings is 1. The topological polar surface area (TPSA) is 65.1 Å². The van der Waals surface area contributed by atoms with Crippen LogP contribution in [-0.2, 0) is 30.4 Å². The zero-order valence-corrected chi connectivity index (χ0v) is 16.9. The van der Waals surface area contributed by atoms with E-state index < -0.39 is 12.3 Å². The lowest BCUT2D eigenvalue weighted by Crippen LogP contribution is -2.44. The van der Waals surface area contributed by atoms with E-state index in [4.69, 9.17) is 14.3 Å². The first kappa shape index (κ1) is 21.5. The minimum Gasteiger partial charge on any atom is -0.367 e. The molecule has 2 aromatic rings. The Morgan fingerprint density at radius 2 is 1.93 bits per heavy atom. The van der Waals surface area contributed by atoms with Crippen molar-refractivity contribution in [3.8, 4) is 0 Å². The molecule has 0 fully saturated rings. The Kier molecular flexibility index (Phi) is 8.87. The van der Waals surface area contributed by atoms with Crippen LogP contribution >= 0.6 is 11.3 Å². The van der Waals surface area contributed by atoms with Gasteiger partial charge in [0.2, 0.25) is 0 Å². The van der Waals surface area contributed by atoms with Crippen molar-refractivity contribution in [1.82, 2.24) is 5.06 Å². The number of fused-ring (bicyclic) bond motifs is 1. The molecule has 0 saturated carbocycles. The Labute approximate surface area is 164 Å². The third-order valence-electron chi connectivity index (χ3n) is 4.08. The molecule has 27 heavy (non-hydrogen) atoms. The molecule has 1 unspecified atom stereocenters. The minimum atomic E-state index is -0.524. The number of hydroxylamine groups is 2. The summed E-state index contributed by atoms with van der Waals surface area (Å²) in [6.45, 7) is 7.08. The number of carbonyl (C=O) groups is 2. The number of ether oxygens (including phenoxy) is 2. The number of thiophene rings is 1. The molecule has 1 aromatic carbocycles. The molecule has 0 amide bonds. The summed E-state index contributed by atoms with van der Waals surface area (Å²) in [5, 5.41) is 4.80. The predicted molar refractivity (Wildman–Crippen MR) is 105 cm³/mol. The van der Waals surface area contributed by atoms with Crippen LogP contribution in [0.25, 0.3) is 10.1 Å². The standard InChI is InChI=1S/C20H27NO5S/c1-4-24-20(25-5-2)15(3)21(26-19(23)11-8-12-22)13-16-14-27-18-10-7-6-9-17(16)18/h6-7,9-10,12,14-15,20H,4-5,8,11,13H2,1-3H3. The number of aldehydes is 1. The maximum Gasteiger partial charge on any atom is 0.325 e. The zero-order chi connectivity index (χ0) is 19.6. The summed E-state index contributed by atoms with van der Waals surface area (Å²) >= 11 is 1.65. The number of nitrogens with zero attached hydrogens (tertiary/aromatic N) is 1. The van der Waals surface area contributed by atoms with Gasteiger partial charge in [0, 0.05) is 24.3 Å². The molecule has 0 saturated heterocycles. The summed E-state index contributed by atoms with van der Waals surface area (Å²) in [5.74, 6) is -0.444. The fourth-order valence-corrected chi connectivity index (χ4v) is 3.68. The van der Waals surface area contributed by atoms with E-state index in [0.29, 0.717) is 26.0 Å². The second-order valence-corrected chi connectivity index (χ2v) is 6.93. The first-order chi connectivity index (χ1) is 13.1. The second-order valence-electron chi connectivity index (χ2n) is 6.02. The van der Waals surface area contributed by atoms with E-state index in [0.717, 1.165) is 10.9 Å². The van der Waals surface area contributed by atoms with Gasteiger partial charge in [0.05, 0.1) is 19.0 Å². The van der Waals surface area contributed by atoms with Crippen LogP contribution in [0.3, 0.4) is 0 Å².